The first kappa shape index (κ1) is 24.4. The SMILES string of the molecule is COC(O)c1occc1Nc1cc(N(C)C(=O)OC(C)(C)C)n2ncc(C(=O)N[C@@H]3C[C@@H]3F)c2n1. The predicted molar refractivity (Wildman–Crippen MR) is 122 cm³/mol. The van der Waals surface area contributed by atoms with Gasteiger partial charge in [-0.05, 0) is 20.8 Å². The van der Waals surface area contributed by atoms with E-state index in [0.29, 0.717) is 5.69 Å². The number of furan rings is 1. The molecule has 0 saturated heterocycles. The summed E-state index contributed by atoms with van der Waals surface area (Å²) in [5.41, 5.74) is -0.184. The maximum Gasteiger partial charge on any atom is 0.415 e. The highest BCUT2D eigenvalue weighted by Crippen LogP contribution is 2.30. The zero-order chi connectivity index (χ0) is 25.5. The summed E-state index contributed by atoms with van der Waals surface area (Å²) in [5, 5.41) is 19.9. The lowest BCUT2D eigenvalue weighted by molar-refractivity contribution is -0.0896. The summed E-state index contributed by atoms with van der Waals surface area (Å²) < 4.78 is 30.3. The minimum Gasteiger partial charge on any atom is -0.462 e. The van der Waals surface area contributed by atoms with E-state index in [-0.39, 0.29) is 35.0 Å². The van der Waals surface area contributed by atoms with E-state index < -0.39 is 36.1 Å². The number of rotatable bonds is 7. The van der Waals surface area contributed by atoms with E-state index >= 15 is 0 Å². The lowest BCUT2D eigenvalue weighted by Gasteiger charge is -2.25. The van der Waals surface area contributed by atoms with E-state index in [2.05, 4.69) is 20.7 Å². The zero-order valence-corrected chi connectivity index (χ0v) is 19.9. The number of alkyl halides is 1. The fourth-order valence-electron chi connectivity index (χ4n) is 3.25. The van der Waals surface area contributed by atoms with E-state index in [1.165, 1.54) is 42.1 Å². The van der Waals surface area contributed by atoms with Crippen molar-refractivity contribution in [1.29, 1.82) is 0 Å². The molecule has 3 atom stereocenters. The third-order valence-corrected chi connectivity index (χ3v) is 5.14. The lowest BCUT2D eigenvalue weighted by Crippen LogP contribution is -2.35. The highest BCUT2D eigenvalue weighted by atomic mass is 19.1. The van der Waals surface area contributed by atoms with Crippen LogP contribution in [-0.2, 0) is 9.47 Å². The number of carbonyl (C=O) groups excluding carboxylic acids is 2. The Kier molecular flexibility index (Phi) is 6.38. The smallest absolute Gasteiger partial charge is 0.415 e. The number of carbonyl (C=O) groups is 2. The van der Waals surface area contributed by atoms with Crippen LogP contribution in [0.15, 0.2) is 29.0 Å². The molecular formula is C22H27FN6O6. The van der Waals surface area contributed by atoms with Gasteiger partial charge in [0, 0.05) is 32.7 Å². The topological polar surface area (TPSA) is 143 Å². The van der Waals surface area contributed by atoms with Crippen molar-refractivity contribution in [2.45, 2.75) is 51.3 Å². The normalized spacial score (nSPS) is 18.3. The van der Waals surface area contributed by atoms with E-state index in [0.717, 1.165) is 0 Å². The highest BCUT2D eigenvalue weighted by Gasteiger charge is 2.39. The van der Waals surface area contributed by atoms with Gasteiger partial charge in [-0.15, -0.1) is 0 Å². The average molecular weight is 490 g/mol. The summed E-state index contributed by atoms with van der Waals surface area (Å²) in [6.45, 7) is 5.21. The van der Waals surface area contributed by atoms with E-state index in [4.69, 9.17) is 13.9 Å². The van der Waals surface area contributed by atoms with Gasteiger partial charge in [0.2, 0.25) is 6.29 Å². The Morgan fingerprint density at radius 3 is 2.74 bits per heavy atom. The maximum atomic E-state index is 13.3. The second-order valence-corrected chi connectivity index (χ2v) is 9.08. The average Bonchev–Trinajstić information content (AvgIpc) is 3.17. The lowest BCUT2D eigenvalue weighted by atomic mass is 10.2. The van der Waals surface area contributed by atoms with Crippen LogP contribution in [0.1, 0.15) is 49.6 Å². The predicted octanol–water partition coefficient (Wildman–Crippen LogP) is 2.91. The second-order valence-electron chi connectivity index (χ2n) is 9.08. The number of halogens is 1. The minimum absolute atomic E-state index is 0.0935. The number of ether oxygens (including phenoxy) is 2. The van der Waals surface area contributed by atoms with Crippen LogP contribution in [0.3, 0.4) is 0 Å². The van der Waals surface area contributed by atoms with Gasteiger partial charge in [0.1, 0.15) is 29.0 Å². The first-order valence-corrected chi connectivity index (χ1v) is 10.8. The number of nitrogens with zero attached hydrogens (tertiary/aromatic N) is 4. The van der Waals surface area contributed by atoms with Crippen LogP contribution in [0.4, 0.5) is 26.5 Å². The number of hydrogen-bond donors (Lipinski definition) is 3. The molecule has 0 bridgehead atoms. The Balaban J connectivity index is 1.76. The number of anilines is 3. The van der Waals surface area contributed by atoms with Gasteiger partial charge in [0.15, 0.2) is 11.4 Å². The van der Waals surface area contributed by atoms with Crippen molar-refractivity contribution >= 4 is 35.0 Å². The highest BCUT2D eigenvalue weighted by molar-refractivity contribution is 6.01. The van der Waals surface area contributed by atoms with Crippen molar-refractivity contribution in [3.63, 3.8) is 0 Å². The third-order valence-electron chi connectivity index (χ3n) is 5.14. The Labute approximate surface area is 200 Å². The molecule has 12 nitrogen and oxygen atoms in total. The molecule has 3 aromatic rings. The molecule has 35 heavy (non-hydrogen) atoms. The number of fused-ring (bicyclic) bond motifs is 1. The molecular weight excluding hydrogens is 463 g/mol. The minimum atomic E-state index is -1.33. The monoisotopic (exact) mass is 490 g/mol. The molecule has 188 valence electrons. The van der Waals surface area contributed by atoms with Crippen molar-refractivity contribution < 1.29 is 33.0 Å². The molecule has 1 aliphatic rings. The molecule has 4 rings (SSSR count). The van der Waals surface area contributed by atoms with Gasteiger partial charge in [-0.1, -0.05) is 0 Å². The van der Waals surface area contributed by atoms with Crippen LogP contribution < -0.4 is 15.5 Å². The van der Waals surface area contributed by atoms with Gasteiger partial charge in [0.05, 0.1) is 24.2 Å². The third kappa shape index (κ3) is 5.20. The van der Waals surface area contributed by atoms with Crippen LogP contribution in [0.5, 0.6) is 0 Å². The van der Waals surface area contributed by atoms with Crippen molar-refractivity contribution in [2.75, 3.05) is 24.4 Å². The van der Waals surface area contributed by atoms with E-state index in [1.807, 2.05) is 0 Å². The molecule has 0 radical (unpaired) electrons. The number of aliphatic hydroxyl groups excluding tert-OH is 1. The maximum absolute atomic E-state index is 13.3. The molecule has 1 fully saturated rings. The molecule has 3 heterocycles. The first-order chi connectivity index (χ1) is 16.5. The van der Waals surface area contributed by atoms with E-state index in [1.54, 1.807) is 26.8 Å². The number of aromatic nitrogens is 3. The van der Waals surface area contributed by atoms with Crippen LogP contribution in [-0.4, -0.2) is 63.7 Å². The number of nitrogens with one attached hydrogen (secondary N) is 2. The van der Waals surface area contributed by atoms with Crippen LogP contribution in [0, 0.1) is 0 Å². The largest absolute Gasteiger partial charge is 0.462 e. The van der Waals surface area contributed by atoms with Gasteiger partial charge in [-0.25, -0.2) is 14.2 Å². The standard InChI is InChI=1S/C22H27FN6O6/c1-22(2,3)35-21(32)28(4)16-9-15(25-13-6-7-34-17(13)20(31)33-5)27-18-11(10-24-29(16)18)19(30)26-14-8-12(14)23/h6-7,9-10,12,14,20,31H,8H2,1-5H3,(H,25,27)(H,26,30)/t12-,14+,20?/m0/s1. The van der Waals surface area contributed by atoms with Crippen molar-refractivity contribution in [3.8, 4) is 0 Å². The fourth-order valence-corrected chi connectivity index (χ4v) is 3.25. The summed E-state index contributed by atoms with van der Waals surface area (Å²) in [7, 11) is 2.80. The number of aliphatic hydroxyl groups is 1. The van der Waals surface area contributed by atoms with E-state index in [9.17, 15) is 19.1 Å². The molecule has 0 aromatic carbocycles. The molecule has 0 spiro atoms. The molecule has 1 unspecified atom stereocenters. The van der Waals surface area contributed by atoms with Gasteiger partial charge in [-0.3, -0.25) is 9.69 Å². The molecule has 2 amide bonds. The molecule has 1 saturated carbocycles. The van der Waals surface area contributed by atoms with Gasteiger partial charge in [-0.2, -0.15) is 9.61 Å². The molecule has 13 heteroatoms. The number of amides is 2. The Morgan fingerprint density at radius 2 is 2.11 bits per heavy atom. The summed E-state index contributed by atoms with van der Waals surface area (Å²) in [6.07, 6.45) is -0.165. The summed E-state index contributed by atoms with van der Waals surface area (Å²) >= 11 is 0. The number of methoxy groups -OCH3 is 1. The zero-order valence-electron chi connectivity index (χ0n) is 19.9. The summed E-state index contributed by atoms with van der Waals surface area (Å²) in [4.78, 5) is 31.2. The van der Waals surface area contributed by atoms with Crippen LogP contribution in [0.2, 0.25) is 0 Å². The van der Waals surface area contributed by atoms with Crippen LogP contribution >= 0.6 is 0 Å². The Morgan fingerprint density at radius 1 is 1.40 bits per heavy atom. The van der Waals surface area contributed by atoms with Crippen LogP contribution in [0.25, 0.3) is 5.65 Å². The fraction of sp³-hybridized carbons (Fsp3) is 0.455. The summed E-state index contributed by atoms with van der Waals surface area (Å²) in [5.74, 6) is 0.000943. The first-order valence-electron chi connectivity index (χ1n) is 10.8. The molecule has 0 aliphatic heterocycles. The van der Waals surface area contributed by atoms with Crippen molar-refractivity contribution in [3.05, 3.63) is 35.9 Å². The Hall–Kier alpha value is -3.71. The Bertz CT molecular complexity index is 1250. The summed E-state index contributed by atoms with van der Waals surface area (Å²) in [6, 6.07) is 2.52. The quantitative estimate of drug-likeness (QED) is 0.426. The van der Waals surface area contributed by atoms with Gasteiger partial charge < -0.3 is 29.6 Å². The number of hydrogen-bond acceptors (Lipinski definition) is 9. The van der Waals surface area contributed by atoms with Gasteiger partial charge >= 0.3 is 6.09 Å². The second kappa shape index (κ2) is 9.15. The van der Waals surface area contributed by atoms with Gasteiger partial charge in [0.25, 0.3) is 5.91 Å². The molecule has 1 aliphatic carbocycles. The van der Waals surface area contributed by atoms with Crippen molar-refractivity contribution in [1.82, 2.24) is 19.9 Å². The molecule has 3 aromatic heterocycles. The van der Waals surface area contributed by atoms with Crippen molar-refractivity contribution in [2.24, 2.45) is 0 Å². The molecule has 3 N–H and O–H groups in total.